The maximum Gasteiger partial charge on any atom is 0.306 e. The van der Waals surface area contributed by atoms with E-state index in [1.165, 1.54) is 225 Å². The highest BCUT2D eigenvalue weighted by Crippen LogP contribution is 2.38. The first-order valence-electron chi connectivity index (χ1n) is 27.9. The zero-order chi connectivity index (χ0) is 46.9. The molecular weight excluding hydrogens is 818 g/mol. The number of likely N-dealkylation sites (N-methyl/N-ethyl adjacent to an activating group) is 1. The lowest BCUT2D eigenvalue weighted by atomic mass is 10.0. The van der Waals surface area contributed by atoms with E-state index >= 15 is 0 Å². The normalized spacial score (nSPS) is 13.5. The molecule has 0 rings (SSSR count). The van der Waals surface area contributed by atoms with Crippen molar-refractivity contribution in [1.29, 1.82) is 0 Å². The third kappa shape index (κ3) is 52.2. The number of phosphoric acid groups is 1. The van der Waals surface area contributed by atoms with E-state index in [1.807, 2.05) is 21.1 Å². The van der Waals surface area contributed by atoms with Gasteiger partial charge in [-0.25, -0.2) is 0 Å². The predicted molar refractivity (Wildman–Crippen MR) is 273 cm³/mol. The molecule has 0 N–H and O–H groups in total. The number of allylic oxidation sites excluding steroid dienone is 2. The molecule has 0 spiro atoms. The van der Waals surface area contributed by atoms with Crippen LogP contribution in [0.15, 0.2) is 12.2 Å². The van der Waals surface area contributed by atoms with Crippen LogP contribution in [-0.4, -0.2) is 70.7 Å². The van der Waals surface area contributed by atoms with Crippen LogP contribution >= 0.6 is 7.82 Å². The SMILES string of the molecule is CCCCCCCC/C=C\CCCCCCCCCC(=O)OC(COCCCCCCCCCCCCCCCCCCCCCCCCCCC)COP(=O)([O-])OCC[N+](C)(C)C. The number of hydrogen-bond acceptors (Lipinski definition) is 7. The number of carbonyl (C=O) groups is 1. The van der Waals surface area contributed by atoms with Gasteiger partial charge in [0.05, 0.1) is 34.4 Å². The molecule has 0 radical (unpaired) electrons. The molecule has 0 fully saturated rings. The summed E-state index contributed by atoms with van der Waals surface area (Å²) in [6.45, 7) is 5.47. The summed E-state index contributed by atoms with van der Waals surface area (Å²) in [4.78, 5) is 25.2. The van der Waals surface area contributed by atoms with Gasteiger partial charge in [-0.05, 0) is 38.5 Å². The van der Waals surface area contributed by atoms with E-state index in [0.29, 0.717) is 24.1 Å². The van der Waals surface area contributed by atoms with Gasteiger partial charge in [0, 0.05) is 13.0 Å². The molecule has 0 aliphatic rings. The highest BCUT2D eigenvalue weighted by atomic mass is 31.2. The fourth-order valence-electron chi connectivity index (χ4n) is 8.25. The second-order valence-electron chi connectivity index (χ2n) is 20.3. The lowest BCUT2D eigenvalue weighted by Gasteiger charge is -2.28. The van der Waals surface area contributed by atoms with Gasteiger partial charge in [-0.3, -0.25) is 9.36 Å². The summed E-state index contributed by atoms with van der Waals surface area (Å²) in [5, 5.41) is 0. The van der Waals surface area contributed by atoms with Crippen LogP contribution in [0.1, 0.15) is 277 Å². The zero-order valence-electron chi connectivity index (χ0n) is 43.5. The minimum atomic E-state index is -4.53. The van der Waals surface area contributed by atoms with Crippen molar-refractivity contribution < 1.29 is 37.3 Å². The zero-order valence-corrected chi connectivity index (χ0v) is 44.4. The van der Waals surface area contributed by atoms with Gasteiger partial charge < -0.3 is 27.9 Å². The molecule has 64 heavy (non-hydrogen) atoms. The van der Waals surface area contributed by atoms with Crippen molar-refractivity contribution in [2.75, 3.05) is 54.1 Å². The number of ether oxygens (including phenoxy) is 2. The van der Waals surface area contributed by atoms with Crippen LogP contribution in [0.2, 0.25) is 0 Å². The van der Waals surface area contributed by atoms with Gasteiger partial charge >= 0.3 is 5.97 Å². The van der Waals surface area contributed by atoms with Crippen LogP contribution in [0.25, 0.3) is 0 Å². The molecule has 0 aromatic rings. The minimum absolute atomic E-state index is 0.0289. The number of hydrogen-bond donors (Lipinski definition) is 0. The van der Waals surface area contributed by atoms with Crippen molar-refractivity contribution in [3.05, 3.63) is 12.2 Å². The number of quaternary nitrogens is 1. The summed E-state index contributed by atoms with van der Waals surface area (Å²) in [5.41, 5.74) is 0. The van der Waals surface area contributed by atoms with E-state index in [2.05, 4.69) is 26.0 Å². The van der Waals surface area contributed by atoms with Crippen molar-refractivity contribution in [3.8, 4) is 0 Å². The Hall–Kier alpha value is -0.760. The van der Waals surface area contributed by atoms with Crippen LogP contribution in [-0.2, 0) is 27.9 Å². The van der Waals surface area contributed by atoms with Gasteiger partial charge in [0.1, 0.15) is 19.3 Å². The van der Waals surface area contributed by atoms with Gasteiger partial charge in [0.15, 0.2) is 0 Å². The molecule has 0 aliphatic carbocycles. The summed E-state index contributed by atoms with van der Waals surface area (Å²) in [7, 11) is 1.37. The van der Waals surface area contributed by atoms with Gasteiger partial charge in [0.2, 0.25) is 0 Å². The van der Waals surface area contributed by atoms with Crippen LogP contribution in [0, 0.1) is 0 Å². The number of rotatable bonds is 53. The number of phosphoric ester groups is 1. The van der Waals surface area contributed by atoms with Crippen LogP contribution < -0.4 is 4.89 Å². The van der Waals surface area contributed by atoms with Crippen molar-refractivity contribution in [2.45, 2.75) is 283 Å². The van der Waals surface area contributed by atoms with Crippen LogP contribution in [0.4, 0.5) is 0 Å². The van der Waals surface area contributed by atoms with E-state index in [9.17, 15) is 14.3 Å². The summed E-state index contributed by atoms with van der Waals surface area (Å²) in [6, 6.07) is 0. The number of nitrogens with zero attached hydrogens (tertiary/aromatic N) is 1. The Morgan fingerprint density at radius 1 is 0.469 bits per heavy atom. The summed E-state index contributed by atoms with van der Waals surface area (Å²) in [5.74, 6) is -0.332. The van der Waals surface area contributed by atoms with E-state index in [4.69, 9.17) is 18.5 Å². The predicted octanol–water partition coefficient (Wildman–Crippen LogP) is 16.7. The molecular formula is C55H110NO7P. The van der Waals surface area contributed by atoms with Crippen molar-refractivity contribution in [1.82, 2.24) is 0 Å². The number of unbranched alkanes of at least 4 members (excludes halogenated alkanes) is 37. The Kier molecular flexibility index (Phi) is 48.1. The molecule has 0 aliphatic heterocycles. The van der Waals surface area contributed by atoms with Gasteiger partial charge in [-0.1, -0.05) is 244 Å². The lowest BCUT2D eigenvalue weighted by molar-refractivity contribution is -0.870. The smallest absolute Gasteiger partial charge is 0.306 e. The monoisotopic (exact) mass is 928 g/mol. The molecule has 0 saturated heterocycles. The molecule has 0 amide bonds. The van der Waals surface area contributed by atoms with Gasteiger partial charge in [-0.15, -0.1) is 0 Å². The van der Waals surface area contributed by atoms with Gasteiger partial charge in [-0.2, -0.15) is 0 Å². The molecule has 0 aromatic heterocycles. The largest absolute Gasteiger partial charge is 0.756 e. The molecule has 2 atom stereocenters. The Bertz CT molecular complexity index is 1030. The molecule has 2 unspecified atom stereocenters. The highest BCUT2D eigenvalue weighted by molar-refractivity contribution is 7.45. The number of carbonyl (C=O) groups excluding carboxylic acids is 1. The lowest BCUT2D eigenvalue weighted by Crippen LogP contribution is -2.37. The highest BCUT2D eigenvalue weighted by Gasteiger charge is 2.20. The Balaban J connectivity index is 4.02. The molecule has 9 heteroatoms. The fourth-order valence-corrected chi connectivity index (χ4v) is 8.98. The average molecular weight is 928 g/mol. The minimum Gasteiger partial charge on any atom is -0.756 e. The Morgan fingerprint density at radius 2 is 0.812 bits per heavy atom. The standard InChI is InChI=1S/C55H110NO7P/c1-6-8-10-12-14-16-18-20-22-24-25-26-27-28-29-30-31-33-35-37-39-41-43-45-47-50-60-52-54(53-62-64(58,59)61-51-49-56(3,4)5)63-55(57)48-46-44-42-40-38-36-34-32-23-21-19-17-15-13-11-9-7-2/h21,23,54H,6-20,22,24-53H2,1-5H3/b23-21-. The van der Waals surface area contributed by atoms with Crippen molar-refractivity contribution in [2.24, 2.45) is 0 Å². The maximum atomic E-state index is 12.8. The summed E-state index contributed by atoms with van der Waals surface area (Å²) >= 11 is 0. The second kappa shape index (κ2) is 48.7. The third-order valence-electron chi connectivity index (χ3n) is 12.6. The first-order valence-corrected chi connectivity index (χ1v) is 29.4. The first-order chi connectivity index (χ1) is 31.1. The van der Waals surface area contributed by atoms with Crippen LogP contribution in [0.3, 0.4) is 0 Å². The second-order valence-corrected chi connectivity index (χ2v) is 21.7. The van der Waals surface area contributed by atoms with E-state index in [0.717, 1.165) is 32.1 Å². The van der Waals surface area contributed by atoms with E-state index in [1.54, 1.807) is 0 Å². The molecule has 0 aromatic carbocycles. The maximum absolute atomic E-state index is 12.8. The Morgan fingerprint density at radius 3 is 1.19 bits per heavy atom. The fraction of sp³-hybridized carbons (Fsp3) is 0.945. The Labute approximate surface area is 399 Å². The van der Waals surface area contributed by atoms with E-state index in [-0.39, 0.29) is 25.8 Å². The number of esters is 1. The van der Waals surface area contributed by atoms with Crippen molar-refractivity contribution in [3.63, 3.8) is 0 Å². The molecule has 0 saturated carbocycles. The quantitative estimate of drug-likeness (QED) is 0.0197. The van der Waals surface area contributed by atoms with Crippen LogP contribution in [0.5, 0.6) is 0 Å². The third-order valence-corrected chi connectivity index (χ3v) is 13.5. The molecule has 382 valence electrons. The molecule has 0 heterocycles. The van der Waals surface area contributed by atoms with Gasteiger partial charge in [0.25, 0.3) is 7.82 Å². The van der Waals surface area contributed by atoms with E-state index < -0.39 is 13.9 Å². The molecule has 8 nitrogen and oxygen atoms in total. The topological polar surface area (TPSA) is 94.1 Å². The summed E-state index contributed by atoms with van der Waals surface area (Å²) < 4.78 is 34.8. The average Bonchev–Trinajstić information content (AvgIpc) is 3.25. The first kappa shape index (κ1) is 63.2. The van der Waals surface area contributed by atoms with Crippen molar-refractivity contribution >= 4 is 13.8 Å². The molecule has 0 bridgehead atoms. The summed E-state index contributed by atoms with van der Waals surface area (Å²) in [6.07, 6.45) is 56.8.